The van der Waals surface area contributed by atoms with Gasteiger partial charge in [0.25, 0.3) is 0 Å². The predicted octanol–water partition coefficient (Wildman–Crippen LogP) is 4.12. The van der Waals surface area contributed by atoms with E-state index in [1.165, 1.54) is 16.7 Å². The topological polar surface area (TPSA) is 63.5 Å². The third-order valence-corrected chi connectivity index (χ3v) is 4.57. The molecule has 7 heteroatoms. The maximum absolute atomic E-state index is 5.50. The summed E-state index contributed by atoms with van der Waals surface area (Å²) >= 11 is 0. The fourth-order valence-corrected chi connectivity index (χ4v) is 3.11. The van der Waals surface area contributed by atoms with Crippen molar-refractivity contribution in [2.24, 2.45) is 4.99 Å². The van der Waals surface area contributed by atoms with Gasteiger partial charge >= 0.3 is 0 Å². The highest BCUT2D eigenvalue weighted by Gasteiger charge is 2.05. The normalized spacial score (nSPS) is 11.0. The molecule has 0 amide bonds. The number of hydrogen-bond acceptors (Lipinski definition) is 3. The molecule has 3 rings (SSSR count). The van der Waals surface area contributed by atoms with Gasteiger partial charge in [-0.15, -0.1) is 24.0 Å². The molecule has 2 aromatic carbocycles. The van der Waals surface area contributed by atoms with Gasteiger partial charge in [-0.25, -0.2) is 9.98 Å². The van der Waals surface area contributed by atoms with E-state index in [0.29, 0.717) is 13.1 Å². The first-order chi connectivity index (χ1) is 14.2. The number of aliphatic imine (C=N–C) groups is 1. The third kappa shape index (κ3) is 7.05. The molecule has 3 aromatic rings. The van der Waals surface area contributed by atoms with Crippen LogP contribution in [0.3, 0.4) is 0 Å². The molecule has 30 heavy (non-hydrogen) atoms. The highest BCUT2D eigenvalue weighted by molar-refractivity contribution is 14.0. The van der Waals surface area contributed by atoms with Gasteiger partial charge in [-0.3, -0.25) is 0 Å². The van der Waals surface area contributed by atoms with Gasteiger partial charge in [-0.05, 0) is 36.6 Å². The quantitative estimate of drug-likeness (QED) is 0.267. The number of methoxy groups -OCH3 is 1. The lowest BCUT2D eigenvalue weighted by Gasteiger charge is -2.14. The van der Waals surface area contributed by atoms with E-state index in [0.717, 1.165) is 30.4 Å². The summed E-state index contributed by atoms with van der Waals surface area (Å²) < 4.78 is 7.56. The average Bonchev–Trinajstić information content (AvgIpc) is 3.24. The summed E-state index contributed by atoms with van der Waals surface area (Å²) in [6.45, 7) is 7.00. The molecule has 0 bridgehead atoms. The van der Waals surface area contributed by atoms with Crippen LogP contribution in [0.25, 0.3) is 0 Å². The van der Waals surface area contributed by atoms with Crippen molar-refractivity contribution in [1.82, 2.24) is 20.2 Å². The second kappa shape index (κ2) is 12.2. The summed E-state index contributed by atoms with van der Waals surface area (Å²) in [6.07, 6.45) is 5.60. The molecule has 1 aromatic heterocycles. The Balaban J connectivity index is 0.00000320. The van der Waals surface area contributed by atoms with Crippen molar-refractivity contribution in [3.05, 3.63) is 83.4 Å². The first-order valence-electron chi connectivity index (χ1n) is 9.87. The van der Waals surface area contributed by atoms with E-state index in [4.69, 9.17) is 9.73 Å². The van der Waals surface area contributed by atoms with E-state index in [-0.39, 0.29) is 24.0 Å². The Labute approximate surface area is 195 Å². The summed E-state index contributed by atoms with van der Waals surface area (Å²) in [5.41, 5.74) is 4.69. The minimum absolute atomic E-state index is 0. The molecule has 0 fully saturated rings. The molecular formula is C23H30IN5O. The first-order valence-corrected chi connectivity index (χ1v) is 9.87. The number of nitrogens with one attached hydrogen (secondary N) is 2. The van der Waals surface area contributed by atoms with Crippen molar-refractivity contribution in [3.8, 4) is 5.75 Å². The van der Waals surface area contributed by atoms with Gasteiger partial charge in [-0.2, -0.15) is 0 Å². The summed E-state index contributed by atoms with van der Waals surface area (Å²) in [5.74, 6) is 1.68. The number of aromatic nitrogens is 2. The van der Waals surface area contributed by atoms with Crippen LogP contribution in [0.4, 0.5) is 0 Å². The van der Waals surface area contributed by atoms with Gasteiger partial charge in [0.05, 0.1) is 20.0 Å². The van der Waals surface area contributed by atoms with E-state index in [1.54, 1.807) is 13.3 Å². The largest absolute Gasteiger partial charge is 0.496 e. The Kier molecular flexibility index (Phi) is 9.66. The minimum atomic E-state index is 0. The van der Waals surface area contributed by atoms with Gasteiger partial charge in [0.2, 0.25) is 0 Å². The Bertz CT molecular complexity index is 941. The number of halogens is 1. The number of rotatable bonds is 8. The number of ether oxygens (including phenoxy) is 1. The lowest BCUT2D eigenvalue weighted by Crippen LogP contribution is -2.36. The Morgan fingerprint density at radius 1 is 1.13 bits per heavy atom. The minimum Gasteiger partial charge on any atom is -0.496 e. The standard InChI is InChI=1S/C23H29N5O.HI/c1-4-25-23(27-15-21-9-8-18(2)12-22(21)29-3)26-14-19-6-5-7-20(13-19)16-28-11-10-24-17-28;/h5-13,17H,4,14-16H2,1-3H3,(H2,25,26,27);1H. The molecule has 0 atom stereocenters. The summed E-state index contributed by atoms with van der Waals surface area (Å²) in [4.78, 5) is 8.84. The van der Waals surface area contributed by atoms with Crippen molar-refractivity contribution in [2.45, 2.75) is 33.5 Å². The van der Waals surface area contributed by atoms with E-state index >= 15 is 0 Å². The molecular weight excluding hydrogens is 489 g/mol. The van der Waals surface area contributed by atoms with Crippen LogP contribution in [0.5, 0.6) is 5.75 Å². The Hall–Kier alpha value is -2.55. The van der Waals surface area contributed by atoms with E-state index < -0.39 is 0 Å². The molecule has 160 valence electrons. The van der Waals surface area contributed by atoms with Crippen molar-refractivity contribution < 1.29 is 4.74 Å². The van der Waals surface area contributed by atoms with Crippen molar-refractivity contribution >= 4 is 29.9 Å². The van der Waals surface area contributed by atoms with Gasteiger partial charge < -0.3 is 19.9 Å². The van der Waals surface area contributed by atoms with Gasteiger partial charge in [0, 0.05) is 37.6 Å². The van der Waals surface area contributed by atoms with Crippen molar-refractivity contribution in [3.63, 3.8) is 0 Å². The number of hydrogen-bond donors (Lipinski definition) is 2. The van der Waals surface area contributed by atoms with E-state index in [1.807, 2.05) is 18.6 Å². The molecule has 0 saturated carbocycles. The summed E-state index contributed by atoms with van der Waals surface area (Å²) in [6, 6.07) is 14.7. The SMILES string of the molecule is CCNC(=NCc1cccc(Cn2ccnc2)c1)NCc1ccc(C)cc1OC.I. The van der Waals surface area contributed by atoms with Crippen LogP contribution in [0.15, 0.2) is 66.2 Å². The molecule has 0 radical (unpaired) electrons. The smallest absolute Gasteiger partial charge is 0.191 e. The van der Waals surface area contributed by atoms with Crippen LogP contribution >= 0.6 is 24.0 Å². The molecule has 0 unspecified atom stereocenters. The van der Waals surface area contributed by atoms with Crippen LogP contribution in [0.2, 0.25) is 0 Å². The van der Waals surface area contributed by atoms with E-state index in [9.17, 15) is 0 Å². The molecule has 6 nitrogen and oxygen atoms in total. The molecule has 1 heterocycles. The lowest BCUT2D eigenvalue weighted by molar-refractivity contribution is 0.408. The molecule has 0 aliphatic heterocycles. The number of nitrogens with zero attached hydrogens (tertiary/aromatic N) is 3. The average molecular weight is 519 g/mol. The van der Waals surface area contributed by atoms with E-state index in [2.05, 4.69) is 70.4 Å². The zero-order chi connectivity index (χ0) is 20.5. The predicted molar refractivity (Wildman–Crippen MR) is 133 cm³/mol. The fraction of sp³-hybridized carbons (Fsp3) is 0.304. The van der Waals surface area contributed by atoms with Crippen LogP contribution in [-0.4, -0.2) is 29.2 Å². The Morgan fingerprint density at radius 2 is 1.97 bits per heavy atom. The van der Waals surface area contributed by atoms with Crippen LogP contribution < -0.4 is 15.4 Å². The van der Waals surface area contributed by atoms with Crippen LogP contribution in [0, 0.1) is 6.92 Å². The summed E-state index contributed by atoms with van der Waals surface area (Å²) in [5, 5.41) is 6.71. The van der Waals surface area contributed by atoms with Gasteiger partial charge in [0.15, 0.2) is 5.96 Å². The maximum atomic E-state index is 5.50. The van der Waals surface area contributed by atoms with Gasteiger partial charge in [-0.1, -0.05) is 36.4 Å². The zero-order valence-corrected chi connectivity index (χ0v) is 20.1. The zero-order valence-electron chi connectivity index (χ0n) is 17.8. The Morgan fingerprint density at radius 3 is 2.70 bits per heavy atom. The van der Waals surface area contributed by atoms with Gasteiger partial charge in [0.1, 0.15) is 5.75 Å². The lowest BCUT2D eigenvalue weighted by atomic mass is 10.1. The van der Waals surface area contributed by atoms with Crippen LogP contribution in [-0.2, 0) is 19.6 Å². The highest BCUT2D eigenvalue weighted by Crippen LogP contribution is 2.19. The molecule has 0 saturated heterocycles. The number of benzene rings is 2. The number of guanidine groups is 1. The second-order valence-electron chi connectivity index (χ2n) is 6.92. The maximum Gasteiger partial charge on any atom is 0.191 e. The molecule has 0 aliphatic rings. The molecule has 0 spiro atoms. The molecule has 2 N–H and O–H groups in total. The van der Waals surface area contributed by atoms with Crippen molar-refractivity contribution in [1.29, 1.82) is 0 Å². The molecule has 0 aliphatic carbocycles. The van der Waals surface area contributed by atoms with Crippen LogP contribution in [0.1, 0.15) is 29.2 Å². The number of imidazole rings is 1. The number of aryl methyl sites for hydroxylation is 1. The van der Waals surface area contributed by atoms with Crippen molar-refractivity contribution in [2.75, 3.05) is 13.7 Å². The fourth-order valence-electron chi connectivity index (χ4n) is 3.11. The first kappa shape index (κ1) is 23.7. The highest BCUT2D eigenvalue weighted by atomic mass is 127. The third-order valence-electron chi connectivity index (χ3n) is 4.57. The summed E-state index contributed by atoms with van der Waals surface area (Å²) in [7, 11) is 1.70. The second-order valence-corrected chi connectivity index (χ2v) is 6.92. The monoisotopic (exact) mass is 519 g/mol.